The number of β-amino-alcohol motifs (C(OH)–C–C–N with tert-alkyl or cyclic N) is 1. The Morgan fingerprint density at radius 3 is 2.71 bits per heavy atom. The zero-order valence-electron chi connectivity index (χ0n) is 12.2. The summed E-state index contributed by atoms with van der Waals surface area (Å²) in [6.45, 7) is 3.40. The summed E-state index contributed by atoms with van der Waals surface area (Å²) in [7, 11) is 0. The van der Waals surface area contributed by atoms with Crippen molar-refractivity contribution in [3.05, 3.63) is 0 Å². The lowest BCUT2D eigenvalue weighted by molar-refractivity contribution is -0.179. The second-order valence-corrected chi connectivity index (χ2v) is 6.25. The smallest absolute Gasteiger partial charge is 0.253 e. The molecule has 0 unspecified atom stereocenters. The summed E-state index contributed by atoms with van der Waals surface area (Å²) in [5.41, 5.74) is -0.801. The van der Waals surface area contributed by atoms with Gasteiger partial charge in [-0.25, -0.2) is 0 Å². The SMILES string of the molecule is CCCCN1C(=O)[C@@H]2C[C@@H](O)CN2C2(CN(C=O)C2)C1=O. The summed E-state index contributed by atoms with van der Waals surface area (Å²) in [5, 5.41) is 9.89. The summed E-state index contributed by atoms with van der Waals surface area (Å²) in [6, 6.07) is -0.427. The minimum absolute atomic E-state index is 0.194. The van der Waals surface area contributed by atoms with Gasteiger partial charge in [-0.3, -0.25) is 24.2 Å². The molecule has 3 amide bonds. The van der Waals surface area contributed by atoms with Crippen LogP contribution in [0.2, 0.25) is 0 Å². The Balaban J connectivity index is 1.89. The van der Waals surface area contributed by atoms with Crippen LogP contribution < -0.4 is 0 Å². The molecule has 116 valence electrons. The van der Waals surface area contributed by atoms with Crippen LogP contribution in [0.4, 0.5) is 0 Å². The van der Waals surface area contributed by atoms with Crippen molar-refractivity contribution in [1.29, 1.82) is 0 Å². The van der Waals surface area contributed by atoms with Gasteiger partial charge in [0.05, 0.1) is 12.1 Å². The van der Waals surface area contributed by atoms with Crippen LogP contribution in [0, 0.1) is 0 Å². The zero-order valence-corrected chi connectivity index (χ0v) is 12.2. The quantitative estimate of drug-likeness (QED) is 0.520. The number of amides is 3. The first-order valence-corrected chi connectivity index (χ1v) is 7.53. The van der Waals surface area contributed by atoms with E-state index >= 15 is 0 Å². The van der Waals surface area contributed by atoms with Crippen LogP contribution in [0.25, 0.3) is 0 Å². The normalized spacial score (nSPS) is 31.5. The number of piperazine rings is 1. The van der Waals surface area contributed by atoms with Crippen molar-refractivity contribution in [2.75, 3.05) is 26.2 Å². The molecule has 3 aliphatic heterocycles. The van der Waals surface area contributed by atoms with E-state index < -0.39 is 17.7 Å². The molecule has 0 saturated carbocycles. The Bertz CT molecular complexity index is 475. The Kier molecular flexibility index (Phi) is 3.49. The maximum absolute atomic E-state index is 12.8. The highest BCUT2D eigenvalue weighted by Gasteiger charge is 2.64. The number of hydrogen-bond donors (Lipinski definition) is 1. The molecule has 0 aromatic carbocycles. The van der Waals surface area contributed by atoms with Crippen LogP contribution >= 0.6 is 0 Å². The number of aliphatic hydroxyl groups is 1. The molecule has 3 rings (SSSR count). The summed E-state index contributed by atoms with van der Waals surface area (Å²) in [4.78, 5) is 40.9. The fourth-order valence-electron chi connectivity index (χ4n) is 3.72. The van der Waals surface area contributed by atoms with Gasteiger partial charge in [0.15, 0.2) is 0 Å². The molecule has 7 heteroatoms. The fourth-order valence-corrected chi connectivity index (χ4v) is 3.72. The Morgan fingerprint density at radius 1 is 1.38 bits per heavy atom. The van der Waals surface area contributed by atoms with Crippen LogP contribution in [0.5, 0.6) is 0 Å². The molecule has 3 fully saturated rings. The van der Waals surface area contributed by atoms with E-state index in [9.17, 15) is 19.5 Å². The van der Waals surface area contributed by atoms with Crippen LogP contribution in [0.1, 0.15) is 26.2 Å². The van der Waals surface area contributed by atoms with Crippen molar-refractivity contribution in [2.24, 2.45) is 0 Å². The second-order valence-electron chi connectivity index (χ2n) is 6.25. The van der Waals surface area contributed by atoms with Crippen LogP contribution in [0.3, 0.4) is 0 Å². The first kappa shape index (κ1) is 14.5. The van der Waals surface area contributed by atoms with E-state index in [-0.39, 0.29) is 11.8 Å². The standard InChI is InChI=1S/C14H21N3O4/c1-2-3-4-16-12(20)11-5-10(19)6-17(11)14(13(16)21)7-15(8-14)9-18/h9-11,19H,2-8H2,1H3/t10-,11+/m1/s1. The van der Waals surface area contributed by atoms with E-state index in [1.165, 1.54) is 9.80 Å². The molecule has 3 saturated heterocycles. The van der Waals surface area contributed by atoms with Crippen molar-refractivity contribution >= 4 is 18.2 Å². The predicted octanol–water partition coefficient (Wildman–Crippen LogP) is -1.20. The molecule has 0 aromatic rings. The summed E-state index contributed by atoms with van der Waals surface area (Å²) >= 11 is 0. The third kappa shape index (κ3) is 1.98. The van der Waals surface area contributed by atoms with E-state index in [1.54, 1.807) is 0 Å². The van der Waals surface area contributed by atoms with Gasteiger partial charge in [-0.2, -0.15) is 0 Å². The monoisotopic (exact) mass is 295 g/mol. The Hall–Kier alpha value is -1.47. The zero-order chi connectivity index (χ0) is 15.2. The number of rotatable bonds is 4. The third-order valence-electron chi connectivity index (χ3n) is 4.84. The molecular formula is C14H21N3O4. The van der Waals surface area contributed by atoms with Gasteiger partial charge in [0.25, 0.3) is 5.91 Å². The summed E-state index contributed by atoms with van der Waals surface area (Å²) in [6.07, 6.45) is 2.20. The summed E-state index contributed by atoms with van der Waals surface area (Å²) in [5.74, 6) is -0.399. The molecule has 2 atom stereocenters. The molecule has 0 aromatic heterocycles. The van der Waals surface area contributed by atoms with Gasteiger partial charge in [-0.1, -0.05) is 13.3 Å². The predicted molar refractivity (Wildman–Crippen MR) is 73.1 cm³/mol. The number of hydrogen-bond acceptors (Lipinski definition) is 5. The number of imide groups is 1. The molecule has 21 heavy (non-hydrogen) atoms. The lowest BCUT2D eigenvalue weighted by atomic mass is 9.83. The Labute approximate surface area is 123 Å². The van der Waals surface area contributed by atoms with Crippen molar-refractivity contribution in [2.45, 2.75) is 43.9 Å². The molecule has 3 aliphatic rings. The largest absolute Gasteiger partial charge is 0.392 e. The van der Waals surface area contributed by atoms with E-state index in [0.717, 1.165) is 19.3 Å². The number of nitrogens with zero attached hydrogens (tertiary/aromatic N) is 3. The van der Waals surface area contributed by atoms with Gasteiger partial charge < -0.3 is 10.0 Å². The van der Waals surface area contributed by atoms with Crippen molar-refractivity contribution < 1.29 is 19.5 Å². The van der Waals surface area contributed by atoms with Crippen LogP contribution in [0.15, 0.2) is 0 Å². The second kappa shape index (κ2) is 5.06. The highest BCUT2D eigenvalue weighted by molar-refractivity contribution is 6.06. The minimum atomic E-state index is -0.801. The number of carbonyl (C=O) groups excluding carboxylic acids is 3. The highest BCUT2D eigenvalue weighted by Crippen LogP contribution is 2.39. The van der Waals surface area contributed by atoms with Gasteiger partial charge in [0, 0.05) is 26.2 Å². The van der Waals surface area contributed by atoms with E-state index in [4.69, 9.17) is 0 Å². The Morgan fingerprint density at radius 2 is 2.10 bits per heavy atom. The molecule has 7 nitrogen and oxygen atoms in total. The van der Waals surface area contributed by atoms with Crippen LogP contribution in [-0.2, 0) is 14.4 Å². The minimum Gasteiger partial charge on any atom is -0.392 e. The first-order chi connectivity index (χ1) is 10.0. The van der Waals surface area contributed by atoms with E-state index in [0.29, 0.717) is 32.6 Å². The molecule has 0 aliphatic carbocycles. The van der Waals surface area contributed by atoms with Crippen molar-refractivity contribution in [3.8, 4) is 0 Å². The van der Waals surface area contributed by atoms with Gasteiger partial charge in [-0.05, 0) is 12.8 Å². The van der Waals surface area contributed by atoms with E-state index in [2.05, 4.69) is 0 Å². The van der Waals surface area contributed by atoms with Gasteiger partial charge in [0.1, 0.15) is 5.54 Å². The summed E-state index contributed by atoms with van der Waals surface area (Å²) < 4.78 is 0. The number of likely N-dealkylation sites (tertiary alicyclic amines) is 1. The lowest BCUT2D eigenvalue weighted by Crippen LogP contribution is -2.81. The average molecular weight is 295 g/mol. The first-order valence-electron chi connectivity index (χ1n) is 7.53. The third-order valence-corrected chi connectivity index (χ3v) is 4.84. The molecule has 1 spiro atoms. The lowest BCUT2D eigenvalue weighted by Gasteiger charge is -2.57. The topological polar surface area (TPSA) is 81.2 Å². The highest BCUT2D eigenvalue weighted by atomic mass is 16.3. The fraction of sp³-hybridized carbons (Fsp3) is 0.786. The molecule has 3 heterocycles. The van der Waals surface area contributed by atoms with E-state index in [1.807, 2.05) is 11.8 Å². The number of fused-ring (bicyclic) bond motifs is 2. The molecule has 0 bridgehead atoms. The van der Waals surface area contributed by atoms with Gasteiger partial charge in [-0.15, -0.1) is 0 Å². The number of carbonyl (C=O) groups is 3. The van der Waals surface area contributed by atoms with Crippen LogP contribution in [-0.4, -0.2) is 81.9 Å². The number of unbranched alkanes of at least 4 members (excludes halogenated alkanes) is 1. The maximum atomic E-state index is 12.8. The van der Waals surface area contributed by atoms with Crippen molar-refractivity contribution in [1.82, 2.24) is 14.7 Å². The van der Waals surface area contributed by atoms with Gasteiger partial charge in [0.2, 0.25) is 12.3 Å². The molecule has 0 radical (unpaired) electrons. The van der Waals surface area contributed by atoms with Crippen molar-refractivity contribution in [3.63, 3.8) is 0 Å². The molecule has 1 N–H and O–H groups in total. The number of aliphatic hydroxyl groups excluding tert-OH is 1. The average Bonchev–Trinajstić information content (AvgIpc) is 2.80. The maximum Gasteiger partial charge on any atom is 0.253 e. The van der Waals surface area contributed by atoms with Gasteiger partial charge >= 0.3 is 0 Å². The molecular weight excluding hydrogens is 274 g/mol.